The molecule has 8 heteroatoms. The van der Waals surface area contributed by atoms with E-state index in [0.29, 0.717) is 6.33 Å². The van der Waals surface area contributed by atoms with Crippen molar-refractivity contribution in [1.29, 1.82) is 0 Å². The molecule has 0 spiro atoms. The van der Waals surface area contributed by atoms with Gasteiger partial charge in [-0.1, -0.05) is 0 Å². The molecule has 8 nitrogen and oxygen atoms in total. The molecule has 0 radical (unpaired) electrons. The number of rotatable bonds is 0. The molecule has 2 heterocycles. The van der Waals surface area contributed by atoms with Gasteiger partial charge in [-0.3, -0.25) is 0 Å². The van der Waals surface area contributed by atoms with Crippen LogP contribution in [0.25, 0.3) is 11.2 Å². The minimum Gasteiger partial charge on any atom is -0.618 e. The molecule has 0 aromatic carbocycles. The van der Waals surface area contributed by atoms with E-state index in [9.17, 15) is 20.8 Å². The molecule has 2 rings (SSSR count). The van der Waals surface area contributed by atoms with Crippen molar-refractivity contribution in [1.82, 2.24) is 0 Å². The number of hydrogen-bond donors (Lipinski definition) is 0. The van der Waals surface area contributed by atoms with Crippen LogP contribution in [0.4, 0.5) is 0 Å². The Morgan fingerprint density at radius 3 is 2.21 bits per heavy atom. The first kappa shape index (κ1) is 8.23. The van der Waals surface area contributed by atoms with Gasteiger partial charge in [0, 0.05) is 0 Å². The Morgan fingerprint density at radius 1 is 0.857 bits per heavy atom. The zero-order valence-electron chi connectivity index (χ0n) is 6.73. The normalized spacial score (nSPS) is 10.6. The zero-order valence-corrected chi connectivity index (χ0v) is 6.73. The van der Waals surface area contributed by atoms with Crippen LogP contribution in [0.3, 0.4) is 0 Å². The third-order valence-corrected chi connectivity index (χ3v) is 1.69. The molecule has 14 heavy (non-hydrogen) atoms. The van der Waals surface area contributed by atoms with Crippen LogP contribution in [-0.2, 0) is 0 Å². The Morgan fingerprint density at radius 2 is 1.50 bits per heavy atom. The summed E-state index contributed by atoms with van der Waals surface area (Å²) in [6.07, 6.45) is 3.26. The highest BCUT2D eigenvalue weighted by atomic mass is 16.5. The van der Waals surface area contributed by atoms with E-state index in [0.717, 1.165) is 18.6 Å². The molecule has 0 amide bonds. The van der Waals surface area contributed by atoms with Gasteiger partial charge in [-0.25, -0.2) is 0 Å². The van der Waals surface area contributed by atoms with E-state index in [-0.39, 0.29) is 24.4 Å². The lowest BCUT2D eigenvalue weighted by Crippen LogP contribution is -2.51. The molecule has 0 unspecified atom stereocenters. The lowest BCUT2D eigenvalue weighted by atomic mass is 10.5. The van der Waals surface area contributed by atoms with Gasteiger partial charge in [0.15, 0.2) is 0 Å². The second-order valence-electron chi connectivity index (χ2n) is 2.59. The summed E-state index contributed by atoms with van der Waals surface area (Å²) in [6.45, 7) is 0. The summed E-state index contributed by atoms with van der Waals surface area (Å²) in [4.78, 5) is 0. The molecule has 2 aromatic heterocycles. The molecule has 0 saturated carbocycles. The van der Waals surface area contributed by atoms with Crippen molar-refractivity contribution in [3.05, 3.63) is 45.7 Å². The van der Waals surface area contributed by atoms with Gasteiger partial charge in [-0.05, 0) is 4.73 Å². The lowest BCUT2D eigenvalue weighted by Gasteiger charge is -2.01. The molecular weight excluding hydrogens is 192 g/mol. The van der Waals surface area contributed by atoms with Gasteiger partial charge >= 0.3 is 17.5 Å². The molecule has 0 fully saturated rings. The minimum atomic E-state index is -0.422. The van der Waals surface area contributed by atoms with E-state index >= 15 is 0 Å². The highest BCUT2D eigenvalue weighted by Gasteiger charge is 2.26. The fourth-order valence-corrected chi connectivity index (χ4v) is 1.12. The molecule has 72 valence electrons. The number of hydrogen-bond acceptors (Lipinski definition) is 4. The smallest absolute Gasteiger partial charge is 0.552 e. The Bertz CT molecular complexity index is 515. The number of nitrogens with zero attached hydrogens (tertiary/aromatic N) is 4. The number of fused-ring (bicyclic) bond motifs is 1. The van der Waals surface area contributed by atoms with Crippen LogP contribution in [-0.4, -0.2) is 0 Å². The first-order valence-corrected chi connectivity index (χ1v) is 3.56. The summed E-state index contributed by atoms with van der Waals surface area (Å²) >= 11 is 0. The third kappa shape index (κ3) is 1.01. The molecule has 0 saturated heterocycles. The standard InChI is InChI=1S/C6H4N4O4/c11-7-3-5-6(10(14)4-7)9(13)2-1-8(5)12/h1-4H. The summed E-state index contributed by atoms with van der Waals surface area (Å²) in [5.74, 6) is 0. The van der Waals surface area contributed by atoms with Crippen LogP contribution < -0.4 is 18.9 Å². The lowest BCUT2D eigenvalue weighted by molar-refractivity contribution is -0.776. The molecule has 0 N–H and O–H groups in total. The van der Waals surface area contributed by atoms with Gasteiger partial charge in [-0.15, -0.1) is 14.2 Å². The first-order chi connectivity index (χ1) is 6.59. The van der Waals surface area contributed by atoms with Crippen molar-refractivity contribution in [2.24, 2.45) is 0 Å². The van der Waals surface area contributed by atoms with Gasteiger partial charge < -0.3 is 20.8 Å². The van der Waals surface area contributed by atoms with Crippen LogP contribution >= 0.6 is 0 Å². The third-order valence-electron chi connectivity index (χ3n) is 1.69. The Hall–Kier alpha value is -2.38. The second kappa shape index (κ2) is 2.55. The van der Waals surface area contributed by atoms with Crippen LogP contribution in [0.5, 0.6) is 0 Å². The summed E-state index contributed by atoms with van der Waals surface area (Å²) < 4.78 is 0.691. The van der Waals surface area contributed by atoms with Gasteiger partial charge in [0.25, 0.3) is 12.4 Å². The van der Waals surface area contributed by atoms with Gasteiger partial charge in [0.2, 0.25) is 6.20 Å². The van der Waals surface area contributed by atoms with Crippen molar-refractivity contribution < 1.29 is 18.9 Å². The van der Waals surface area contributed by atoms with E-state index in [2.05, 4.69) is 0 Å². The Labute approximate surface area is 76.8 Å². The summed E-state index contributed by atoms with van der Waals surface area (Å²) in [7, 11) is 0. The molecule has 0 bridgehead atoms. The van der Waals surface area contributed by atoms with Crippen LogP contribution in [0.2, 0.25) is 0 Å². The van der Waals surface area contributed by atoms with Gasteiger partial charge in [0.05, 0.1) is 0 Å². The maximum absolute atomic E-state index is 11.1. The maximum Gasteiger partial charge on any atom is 0.552 e. The molecule has 2 aromatic rings. The van der Waals surface area contributed by atoms with Gasteiger partial charge in [-0.2, -0.15) is 0 Å². The minimum absolute atomic E-state index is 0.0454. The first-order valence-electron chi connectivity index (χ1n) is 3.56. The second-order valence-corrected chi connectivity index (χ2v) is 2.59. The van der Waals surface area contributed by atoms with E-state index in [1.807, 2.05) is 0 Å². The van der Waals surface area contributed by atoms with E-state index in [1.165, 1.54) is 0 Å². The average Bonchev–Trinajstić information content (AvgIpc) is 2.10. The van der Waals surface area contributed by atoms with Crippen LogP contribution in [0.15, 0.2) is 24.9 Å². The van der Waals surface area contributed by atoms with Crippen molar-refractivity contribution in [2.45, 2.75) is 0 Å². The Kier molecular flexibility index (Phi) is 1.50. The quantitative estimate of drug-likeness (QED) is 0.339. The summed E-state index contributed by atoms with van der Waals surface area (Å²) in [6, 6.07) is 0. The highest BCUT2D eigenvalue weighted by molar-refractivity contribution is 5.55. The highest BCUT2D eigenvalue weighted by Crippen LogP contribution is 1.92. The fourth-order valence-electron chi connectivity index (χ4n) is 1.12. The number of aromatic nitrogens is 4. The fraction of sp³-hybridized carbons (Fsp3) is 0. The molecule has 0 aliphatic carbocycles. The van der Waals surface area contributed by atoms with Crippen molar-refractivity contribution >= 4 is 11.2 Å². The topological polar surface area (TPSA) is 108 Å². The van der Waals surface area contributed by atoms with Gasteiger partial charge in [0.1, 0.15) is 0 Å². The monoisotopic (exact) mass is 196 g/mol. The van der Waals surface area contributed by atoms with E-state index in [4.69, 9.17) is 0 Å². The van der Waals surface area contributed by atoms with Crippen molar-refractivity contribution in [2.75, 3.05) is 0 Å². The molecule has 0 atom stereocenters. The largest absolute Gasteiger partial charge is 0.618 e. The predicted molar refractivity (Wildman–Crippen MR) is 39.8 cm³/mol. The van der Waals surface area contributed by atoms with Crippen molar-refractivity contribution in [3.8, 4) is 0 Å². The van der Waals surface area contributed by atoms with Crippen LogP contribution in [0.1, 0.15) is 0 Å². The molecule has 0 aliphatic rings. The molecular formula is C6H4N4O4. The summed E-state index contributed by atoms with van der Waals surface area (Å²) in [5, 5.41) is 44.1. The predicted octanol–water partition coefficient (Wildman–Crippen LogP) is -2.63. The maximum atomic E-state index is 11.1. The zero-order chi connectivity index (χ0) is 10.3. The van der Waals surface area contributed by atoms with E-state index < -0.39 is 5.65 Å². The molecule has 0 aliphatic heterocycles. The van der Waals surface area contributed by atoms with Crippen LogP contribution in [0, 0.1) is 20.8 Å². The van der Waals surface area contributed by atoms with Crippen molar-refractivity contribution in [3.63, 3.8) is 0 Å². The van der Waals surface area contributed by atoms with E-state index in [1.54, 1.807) is 0 Å². The summed E-state index contributed by atoms with van der Waals surface area (Å²) in [5.41, 5.74) is -0.704. The Balaban J connectivity index is 3.00. The average molecular weight is 196 g/mol. The SMILES string of the molecule is [O-][n+]1cc2c([n+]([O-])cc[n+]2[O-])[n+]([O-])c1.